The Labute approximate surface area is 176 Å². The quantitative estimate of drug-likeness (QED) is 0.674. The van der Waals surface area contributed by atoms with E-state index in [4.69, 9.17) is 11.5 Å². The molecule has 2 fully saturated rings. The molecule has 2 amide bonds. The SMILES string of the molecule is NC(=O)c1cnc(N)nc1Nc1cccc(CC2CCCCC2C(=O)N2CCC2)c1. The number of hydrogen-bond donors (Lipinski definition) is 3. The van der Waals surface area contributed by atoms with Gasteiger partial charge in [0.15, 0.2) is 0 Å². The highest BCUT2D eigenvalue weighted by atomic mass is 16.2. The Morgan fingerprint density at radius 3 is 2.70 bits per heavy atom. The third-order valence-electron chi connectivity index (χ3n) is 6.15. The molecule has 2 unspecified atom stereocenters. The second kappa shape index (κ2) is 8.69. The minimum absolute atomic E-state index is 0.0632. The second-order valence-electron chi connectivity index (χ2n) is 8.21. The summed E-state index contributed by atoms with van der Waals surface area (Å²) in [7, 11) is 0. The van der Waals surface area contributed by atoms with Crippen molar-refractivity contribution < 1.29 is 9.59 Å². The Kier molecular flexibility index (Phi) is 5.83. The third kappa shape index (κ3) is 4.37. The molecule has 2 aromatic rings. The first-order chi connectivity index (χ1) is 14.5. The molecule has 4 rings (SSSR count). The standard InChI is InChI=1S/C22H28N6O2/c23-19(29)18-13-25-22(24)27-20(18)26-16-7-3-5-14(12-16)11-15-6-1-2-8-17(15)21(30)28-9-4-10-28/h3,5,7,12-13,15,17H,1-2,4,6,8-11H2,(H2,23,29)(H3,24,25,26,27). The Balaban J connectivity index is 1.50. The zero-order valence-electron chi connectivity index (χ0n) is 17.0. The van der Waals surface area contributed by atoms with Crippen LogP contribution >= 0.6 is 0 Å². The first-order valence-corrected chi connectivity index (χ1v) is 10.6. The Morgan fingerprint density at radius 1 is 1.17 bits per heavy atom. The molecule has 1 aromatic carbocycles. The van der Waals surface area contributed by atoms with E-state index in [1.54, 1.807) is 0 Å². The molecule has 5 N–H and O–H groups in total. The van der Waals surface area contributed by atoms with Crippen LogP contribution in [0.15, 0.2) is 30.5 Å². The molecule has 1 saturated heterocycles. The van der Waals surface area contributed by atoms with Crippen molar-refractivity contribution in [3.8, 4) is 0 Å². The lowest BCUT2D eigenvalue weighted by molar-refractivity contribution is -0.142. The zero-order valence-corrected chi connectivity index (χ0v) is 17.0. The maximum Gasteiger partial charge on any atom is 0.254 e. The number of nitrogen functional groups attached to an aromatic ring is 1. The van der Waals surface area contributed by atoms with E-state index in [-0.39, 0.29) is 23.2 Å². The van der Waals surface area contributed by atoms with Crippen molar-refractivity contribution in [2.24, 2.45) is 17.6 Å². The average molecular weight is 409 g/mol. The van der Waals surface area contributed by atoms with Gasteiger partial charge in [0, 0.05) is 30.9 Å². The monoisotopic (exact) mass is 408 g/mol. The predicted octanol–water partition coefficient (Wildman–Crippen LogP) is 2.48. The average Bonchev–Trinajstić information content (AvgIpc) is 2.67. The van der Waals surface area contributed by atoms with E-state index in [0.29, 0.717) is 11.8 Å². The van der Waals surface area contributed by atoms with Crippen molar-refractivity contribution in [3.05, 3.63) is 41.6 Å². The minimum Gasteiger partial charge on any atom is -0.368 e. The fraction of sp³-hybridized carbons (Fsp3) is 0.455. The van der Waals surface area contributed by atoms with Crippen LogP contribution in [-0.2, 0) is 11.2 Å². The van der Waals surface area contributed by atoms with Gasteiger partial charge >= 0.3 is 0 Å². The number of nitrogens with zero attached hydrogens (tertiary/aromatic N) is 3. The third-order valence-corrected chi connectivity index (χ3v) is 6.15. The van der Waals surface area contributed by atoms with Gasteiger partial charge in [-0.2, -0.15) is 4.98 Å². The first-order valence-electron chi connectivity index (χ1n) is 10.6. The van der Waals surface area contributed by atoms with Crippen LogP contribution in [-0.4, -0.2) is 39.8 Å². The van der Waals surface area contributed by atoms with Crippen molar-refractivity contribution >= 4 is 29.3 Å². The number of likely N-dealkylation sites (tertiary alicyclic amines) is 1. The fourth-order valence-corrected chi connectivity index (χ4v) is 4.43. The van der Waals surface area contributed by atoms with Crippen LogP contribution in [0.4, 0.5) is 17.5 Å². The van der Waals surface area contributed by atoms with Crippen molar-refractivity contribution in [1.29, 1.82) is 0 Å². The van der Waals surface area contributed by atoms with Crippen molar-refractivity contribution in [1.82, 2.24) is 14.9 Å². The molecule has 158 valence electrons. The van der Waals surface area contributed by atoms with E-state index >= 15 is 0 Å². The molecule has 2 atom stereocenters. The maximum absolute atomic E-state index is 12.9. The summed E-state index contributed by atoms with van der Waals surface area (Å²) in [5, 5.41) is 3.14. The van der Waals surface area contributed by atoms with Crippen LogP contribution in [0.25, 0.3) is 0 Å². The number of carbonyl (C=O) groups is 2. The molecule has 8 heteroatoms. The summed E-state index contributed by atoms with van der Waals surface area (Å²) in [6.07, 6.45) is 7.68. The number of amides is 2. The number of nitrogens with two attached hydrogens (primary N) is 2. The van der Waals surface area contributed by atoms with E-state index < -0.39 is 5.91 Å². The van der Waals surface area contributed by atoms with E-state index in [1.807, 2.05) is 23.1 Å². The number of nitrogens with one attached hydrogen (secondary N) is 1. The van der Waals surface area contributed by atoms with Crippen LogP contribution in [0.2, 0.25) is 0 Å². The highest BCUT2D eigenvalue weighted by Gasteiger charge is 2.35. The summed E-state index contributed by atoms with van der Waals surface area (Å²) < 4.78 is 0. The van der Waals surface area contributed by atoms with E-state index in [2.05, 4.69) is 21.4 Å². The van der Waals surface area contributed by atoms with E-state index in [0.717, 1.165) is 56.4 Å². The molecule has 1 saturated carbocycles. The number of carbonyl (C=O) groups excluding carboxylic acids is 2. The molecular formula is C22H28N6O2. The lowest BCUT2D eigenvalue weighted by atomic mass is 9.75. The number of anilines is 3. The number of aromatic nitrogens is 2. The molecule has 2 aliphatic rings. The number of benzene rings is 1. The van der Waals surface area contributed by atoms with Gasteiger partial charge in [0.1, 0.15) is 11.4 Å². The van der Waals surface area contributed by atoms with Gasteiger partial charge in [0.05, 0.1) is 0 Å². The molecule has 1 aromatic heterocycles. The fourth-order valence-electron chi connectivity index (χ4n) is 4.43. The van der Waals surface area contributed by atoms with Crippen molar-refractivity contribution in [2.75, 3.05) is 24.1 Å². The number of hydrogen-bond acceptors (Lipinski definition) is 6. The minimum atomic E-state index is -0.622. The Morgan fingerprint density at radius 2 is 1.97 bits per heavy atom. The molecular weight excluding hydrogens is 380 g/mol. The summed E-state index contributed by atoms with van der Waals surface area (Å²) in [6, 6.07) is 7.97. The van der Waals surface area contributed by atoms with Gasteiger partial charge in [-0.3, -0.25) is 9.59 Å². The number of rotatable bonds is 6. The molecule has 2 heterocycles. The summed E-state index contributed by atoms with van der Waals surface area (Å²) in [5.74, 6) is 0.548. The normalized spacial score (nSPS) is 21.0. The highest BCUT2D eigenvalue weighted by molar-refractivity contribution is 5.98. The molecule has 0 spiro atoms. The summed E-state index contributed by atoms with van der Waals surface area (Å²) in [5.41, 5.74) is 13.2. The Hall–Kier alpha value is -3.16. The molecule has 0 bridgehead atoms. The van der Waals surface area contributed by atoms with E-state index in [1.165, 1.54) is 12.6 Å². The zero-order chi connectivity index (χ0) is 21.1. The molecule has 30 heavy (non-hydrogen) atoms. The van der Waals surface area contributed by atoms with Crippen molar-refractivity contribution in [3.63, 3.8) is 0 Å². The van der Waals surface area contributed by atoms with Crippen LogP contribution < -0.4 is 16.8 Å². The van der Waals surface area contributed by atoms with Gasteiger partial charge in [-0.1, -0.05) is 25.0 Å². The van der Waals surface area contributed by atoms with Gasteiger partial charge in [-0.25, -0.2) is 4.98 Å². The van der Waals surface area contributed by atoms with Crippen LogP contribution in [0.1, 0.15) is 48.0 Å². The first kappa shape index (κ1) is 20.1. The lowest BCUT2D eigenvalue weighted by Gasteiger charge is -2.38. The summed E-state index contributed by atoms with van der Waals surface area (Å²) in [4.78, 5) is 34.5. The van der Waals surface area contributed by atoms with Crippen LogP contribution in [0, 0.1) is 11.8 Å². The smallest absolute Gasteiger partial charge is 0.254 e. The van der Waals surface area contributed by atoms with Crippen LogP contribution in [0.5, 0.6) is 0 Å². The lowest BCUT2D eigenvalue weighted by Crippen LogP contribution is -2.47. The van der Waals surface area contributed by atoms with Gasteiger partial charge in [0.2, 0.25) is 11.9 Å². The van der Waals surface area contributed by atoms with Gasteiger partial charge in [-0.15, -0.1) is 0 Å². The molecule has 1 aliphatic carbocycles. The molecule has 1 aliphatic heterocycles. The second-order valence-corrected chi connectivity index (χ2v) is 8.21. The molecule has 8 nitrogen and oxygen atoms in total. The topological polar surface area (TPSA) is 127 Å². The largest absolute Gasteiger partial charge is 0.368 e. The number of primary amides is 1. The molecule has 0 radical (unpaired) electrons. The van der Waals surface area contributed by atoms with Crippen LogP contribution in [0.3, 0.4) is 0 Å². The van der Waals surface area contributed by atoms with E-state index in [9.17, 15) is 9.59 Å². The van der Waals surface area contributed by atoms with Gasteiger partial charge < -0.3 is 21.7 Å². The highest BCUT2D eigenvalue weighted by Crippen LogP contribution is 2.35. The maximum atomic E-state index is 12.9. The van der Waals surface area contributed by atoms with Gasteiger partial charge in [0.25, 0.3) is 5.91 Å². The summed E-state index contributed by atoms with van der Waals surface area (Å²) >= 11 is 0. The van der Waals surface area contributed by atoms with Crippen molar-refractivity contribution in [2.45, 2.75) is 38.5 Å². The predicted molar refractivity (Wildman–Crippen MR) is 115 cm³/mol. The Bertz CT molecular complexity index is 943. The summed E-state index contributed by atoms with van der Waals surface area (Å²) in [6.45, 7) is 1.82. The van der Waals surface area contributed by atoms with Gasteiger partial charge in [-0.05, 0) is 49.3 Å².